The van der Waals surface area contributed by atoms with Crippen LogP contribution in [0.4, 0.5) is 0 Å². The van der Waals surface area contributed by atoms with E-state index in [2.05, 4.69) is 24.4 Å². The van der Waals surface area contributed by atoms with Gasteiger partial charge >= 0.3 is 0 Å². The van der Waals surface area contributed by atoms with Crippen molar-refractivity contribution in [1.29, 1.82) is 0 Å². The number of aromatic hydroxyl groups is 1. The fourth-order valence-corrected chi connectivity index (χ4v) is 2.81. The van der Waals surface area contributed by atoms with Gasteiger partial charge in [0, 0.05) is 25.8 Å². The van der Waals surface area contributed by atoms with Crippen LogP contribution in [-0.2, 0) is 11.3 Å². The Labute approximate surface area is 116 Å². The predicted molar refractivity (Wildman–Crippen MR) is 77.4 cm³/mol. The van der Waals surface area contributed by atoms with Gasteiger partial charge in [-0.25, -0.2) is 0 Å². The van der Waals surface area contributed by atoms with E-state index in [4.69, 9.17) is 4.74 Å². The standard InChI is InChI=1S/C16H25NO2/c1-11-8-14(9-12(2)16(11)18)10-17-13(3)15-4-6-19-7-5-15/h8-9,13,15,17-18H,4-7,10H2,1-3H3. The highest BCUT2D eigenvalue weighted by Crippen LogP contribution is 2.23. The fraction of sp³-hybridized carbons (Fsp3) is 0.625. The minimum Gasteiger partial charge on any atom is -0.507 e. The average molecular weight is 263 g/mol. The Morgan fingerprint density at radius 1 is 1.26 bits per heavy atom. The molecular weight excluding hydrogens is 238 g/mol. The molecule has 2 rings (SSSR count). The smallest absolute Gasteiger partial charge is 0.121 e. The number of phenols is 1. The molecule has 0 spiro atoms. The second-order valence-corrected chi connectivity index (χ2v) is 5.70. The summed E-state index contributed by atoms with van der Waals surface area (Å²) < 4.78 is 5.40. The number of nitrogens with one attached hydrogen (secondary N) is 1. The zero-order valence-electron chi connectivity index (χ0n) is 12.2. The molecule has 0 bridgehead atoms. The van der Waals surface area contributed by atoms with Crippen LogP contribution in [0, 0.1) is 19.8 Å². The van der Waals surface area contributed by atoms with E-state index in [1.54, 1.807) is 0 Å². The molecule has 3 heteroatoms. The molecule has 3 nitrogen and oxygen atoms in total. The minimum absolute atomic E-state index is 0.418. The third kappa shape index (κ3) is 3.71. The number of phenolic OH excluding ortho intramolecular Hbond substituents is 1. The van der Waals surface area contributed by atoms with E-state index in [0.717, 1.165) is 43.7 Å². The monoisotopic (exact) mass is 263 g/mol. The topological polar surface area (TPSA) is 41.5 Å². The number of hydrogen-bond donors (Lipinski definition) is 2. The molecule has 106 valence electrons. The van der Waals surface area contributed by atoms with Crippen molar-refractivity contribution < 1.29 is 9.84 Å². The normalized spacial score (nSPS) is 18.5. The lowest BCUT2D eigenvalue weighted by molar-refractivity contribution is 0.0558. The van der Waals surface area contributed by atoms with Gasteiger partial charge in [-0.05, 0) is 56.2 Å². The first-order chi connectivity index (χ1) is 9.08. The Hall–Kier alpha value is -1.06. The first-order valence-corrected chi connectivity index (χ1v) is 7.18. The predicted octanol–water partition coefficient (Wildman–Crippen LogP) is 2.91. The molecule has 0 saturated carbocycles. The summed E-state index contributed by atoms with van der Waals surface area (Å²) >= 11 is 0. The third-order valence-corrected chi connectivity index (χ3v) is 4.15. The number of rotatable bonds is 4. The van der Waals surface area contributed by atoms with Gasteiger partial charge in [0.05, 0.1) is 0 Å². The molecule has 1 atom stereocenters. The molecule has 1 unspecified atom stereocenters. The molecule has 1 saturated heterocycles. The van der Waals surface area contributed by atoms with Crippen LogP contribution >= 0.6 is 0 Å². The van der Waals surface area contributed by atoms with Crippen LogP contribution in [0.25, 0.3) is 0 Å². The fourth-order valence-electron chi connectivity index (χ4n) is 2.81. The van der Waals surface area contributed by atoms with Crippen molar-refractivity contribution >= 4 is 0 Å². The van der Waals surface area contributed by atoms with Crippen LogP contribution in [0.5, 0.6) is 5.75 Å². The average Bonchev–Trinajstić information content (AvgIpc) is 2.43. The Morgan fingerprint density at radius 2 is 1.84 bits per heavy atom. The zero-order valence-corrected chi connectivity index (χ0v) is 12.2. The maximum absolute atomic E-state index is 9.78. The molecule has 0 aromatic heterocycles. The quantitative estimate of drug-likeness (QED) is 0.877. The lowest BCUT2D eigenvalue weighted by Crippen LogP contribution is -2.36. The SMILES string of the molecule is Cc1cc(CNC(C)C2CCOCC2)cc(C)c1O. The Balaban J connectivity index is 1.91. The highest BCUT2D eigenvalue weighted by atomic mass is 16.5. The summed E-state index contributed by atoms with van der Waals surface area (Å²) in [6, 6.07) is 4.64. The molecule has 1 fully saturated rings. The molecule has 19 heavy (non-hydrogen) atoms. The van der Waals surface area contributed by atoms with Crippen LogP contribution in [0.2, 0.25) is 0 Å². The van der Waals surface area contributed by atoms with Crippen LogP contribution in [-0.4, -0.2) is 24.4 Å². The largest absolute Gasteiger partial charge is 0.507 e. The first kappa shape index (κ1) is 14.4. The van der Waals surface area contributed by atoms with E-state index in [1.165, 1.54) is 5.56 Å². The highest BCUT2D eigenvalue weighted by Gasteiger charge is 2.19. The molecule has 1 aliphatic heterocycles. The lowest BCUT2D eigenvalue weighted by Gasteiger charge is -2.28. The van der Waals surface area contributed by atoms with Gasteiger partial charge in [-0.15, -0.1) is 0 Å². The number of benzene rings is 1. The maximum Gasteiger partial charge on any atom is 0.121 e. The Kier molecular flexibility index (Phi) is 4.83. The zero-order chi connectivity index (χ0) is 13.8. The summed E-state index contributed by atoms with van der Waals surface area (Å²) in [4.78, 5) is 0. The van der Waals surface area contributed by atoms with Crippen LogP contribution in [0.15, 0.2) is 12.1 Å². The van der Waals surface area contributed by atoms with Crippen molar-refractivity contribution in [2.45, 2.75) is 46.2 Å². The van der Waals surface area contributed by atoms with E-state index < -0.39 is 0 Å². The van der Waals surface area contributed by atoms with E-state index >= 15 is 0 Å². The summed E-state index contributed by atoms with van der Waals surface area (Å²) in [5, 5.41) is 13.4. The molecule has 1 heterocycles. The van der Waals surface area contributed by atoms with Crippen LogP contribution in [0.3, 0.4) is 0 Å². The van der Waals surface area contributed by atoms with Crippen molar-refractivity contribution in [2.24, 2.45) is 5.92 Å². The lowest BCUT2D eigenvalue weighted by atomic mass is 9.93. The number of aryl methyl sites for hydroxylation is 2. The summed E-state index contributed by atoms with van der Waals surface area (Å²) in [6.07, 6.45) is 2.31. The minimum atomic E-state index is 0.418. The molecule has 0 aliphatic carbocycles. The molecule has 2 N–H and O–H groups in total. The van der Waals surface area contributed by atoms with Gasteiger partial charge in [-0.3, -0.25) is 0 Å². The second-order valence-electron chi connectivity index (χ2n) is 5.70. The summed E-state index contributed by atoms with van der Waals surface area (Å²) in [5.41, 5.74) is 3.15. The van der Waals surface area contributed by atoms with E-state index in [0.29, 0.717) is 17.7 Å². The molecule has 0 radical (unpaired) electrons. The highest BCUT2D eigenvalue weighted by molar-refractivity contribution is 5.42. The summed E-state index contributed by atoms with van der Waals surface area (Å²) in [5.74, 6) is 1.13. The van der Waals surface area contributed by atoms with Crippen LogP contribution in [0.1, 0.15) is 36.5 Å². The Bertz CT molecular complexity index is 402. The number of hydrogen-bond acceptors (Lipinski definition) is 3. The van der Waals surface area contributed by atoms with Crippen molar-refractivity contribution in [3.63, 3.8) is 0 Å². The van der Waals surface area contributed by atoms with Gasteiger partial charge < -0.3 is 15.2 Å². The van der Waals surface area contributed by atoms with Crippen molar-refractivity contribution in [3.8, 4) is 5.75 Å². The van der Waals surface area contributed by atoms with Gasteiger partial charge in [0.2, 0.25) is 0 Å². The number of ether oxygens (including phenoxy) is 1. The maximum atomic E-state index is 9.78. The van der Waals surface area contributed by atoms with Gasteiger partial charge in [-0.2, -0.15) is 0 Å². The Morgan fingerprint density at radius 3 is 2.42 bits per heavy atom. The summed E-state index contributed by atoms with van der Waals surface area (Å²) in [6.45, 7) is 8.82. The van der Waals surface area contributed by atoms with Crippen molar-refractivity contribution in [1.82, 2.24) is 5.32 Å². The molecule has 1 aromatic rings. The molecule has 1 aliphatic rings. The first-order valence-electron chi connectivity index (χ1n) is 7.18. The molecule has 0 amide bonds. The van der Waals surface area contributed by atoms with E-state index in [9.17, 15) is 5.11 Å². The van der Waals surface area contributed by atoms with Gasteiger partial charge in [0.1, 0.15) is 5.75 Å². The second kappa shape index (κ2) is 6.40. The molecule has 1 aromatic carbocycles. The van der Waals surface area contributed by atoms with Gasteiger partial charge in [0.15, 0.2) is 0 Å². The van der Waals surface area contributed by atoms with E-state index in [-0.39, 0.29) is 0 Å². The van der Waals surface area contributed by atoms with Gasteiger partial charge in [0.25, 0.3) is 0 Å². The summed E-state index contributed by atoms with van der Waals surface area (Å²) in [7, 11) is 0. The van der Waals surface area contributed by atoms with Crippen molar-refractivity contribution in [2.75, 3.05) is 13.2 Å². The van der Waals surface area contributed by atoms with Gasteiger partial charge in [-0.1, -0.05) is 12.1 Å². The van der Waals surface area contributed by atoms with Crippen LogP contribution < -0.4 is 5.32 Å². The van der Waals surface area contributed by atoms with Crippen molar-refractivity contribution in [3.05, 3.63) is 28.8 Å². The van der Waals surface area contributed by atoms with E-state index in [1.807, 2.05) is 13.8 Å². The molecular formula is C16H25NO2. The third-order valence-electron chi connectivity index (χ3n) is 4.15.